The van der Waals surface area contributed by atoms with Crippen LogP contribution in [0.3, 0.4) is 0 Å². The molecule has 0 radical (unpaired) electrons. The van der Waals surface area contributed by atoms with Crippen LogP contribution in [0.2, 0.25) is 0 Å². The molecule has 1 heterocycles. The Balaban J connectivity index is 2.15. The standard InChI is InChI=1S/C15H21N3O2/c1-10(2)12(7-8-19)16-9-14-17-13-6-4-3-5-11(13)15(20)18-14/h3-6,10,12,16,19H,7-9H2,1-2H3,(H,17,18,20). The summed E-state index contributed by atoms with van der Waals surface area (Å²) in [5.41, 5.74) is 0.590. The van der Waals surface area contributed by atoms with E-state index in [0.29, 0.717) is 35.6 Å². The number of nitrogens with zero attached hydrogens (tertiary/aromatic N) is 1. The summed E-state index contributed by atoms with van der Waals surface area (Å²) in [6.45, 7) is 4.84. The lowest BCUT2D eigenvalue weighted by atomic mass is 10.0. The van der Waals surface area contributed by atoms with Gasteiger partial charge in [0.25, 0.3) is 5.56 Å². The molecule has 1 atom stereocenters. The zero-order valence-electron chi connectivity index (χ0n) is 11.9. The number of fused-ring (bicyclic) bond motifs is 1. The van der Waals surface area contributed by atoms with Crippen molar-refractivity contribution in [2.75, 3.05) is 6.61 Å². The number of benzene rings is 1. The van der Waals surface area contributed by atoms with E-state index in [9.17, 15) is 4.79 Å². The Morgan fingerprint density at radius 3 is 2.80 bits per heavy atom. The molecule has 1 unspecified atom stereocenters. The Morgan fingerprint density at radius 1 is 1.35 bits per heavy atom. The van der Waals surface area contributed by atoms with Gasteiger partial charge in [-0.2, -0.15) is 0 Å². The maximum atomic E-state index is 11.9. The van der Waals surface area contributed by atoms with Gasteiger partial charge in [0.1, 0.15) is 5.82 Å². The fraction of sp³-hybridized carbons (Fsp3) is 0.467. The molecule has 0 spiro atoms. The van der Waals surface area contributed by atoms with E-state index < -0.39 is 0 Å². The molecule has 108 valence electrons. The Kier molecular flexibility index (Phi) is 4.87. The zero-order valence-corrected chi connectivity index (χ0v) is 11.9. The molecule has 1 aromatic heterocycles. The molecule has 0 aliphatic rings. The third kappa shape index (κ3) is 3.43. The van der Waals surface area contributed by atoms with Crippen LogP contribution in [0.5, 0.6) is 0 Å². The molecule has 0 aliphatic heterocycles. The van der Waals surface area contributed by atoms with Gasteiger partial charge in [-0.1, -0.05) is 26.0 Å². The van der Waals surface area contributed by atoms with Crippen LogP contribution in [-0.2, 0) is 6.54 Å². The van der Waals surface area contributed by atoms with Gasteiger partial charge < -0.3 is 15.4 Å². The van der Waals surface area contributed by atoms with E-state index in [1.807, 2.05) is 18.2 Å². The number of hydrogen-bond acceptors (Lipinski definition) is 4. The second-order valence-electron chi connectivity index (χ2n) is 5.27. The summed E-state index contributed by atoms with van der Waals surface area (Å²) in [5, 5.41) is 13.0. The molecule has 0 fully saturated rings. The van der Waals surface area contributed by atoms with Crippen LogP contribution in [-0.4, -0.2) is 27.7 Å². The van der Waals surface area contributed by atoms with E-state index in [-0.39, 0.29) is 18.2 Å². The third-order valence-corrected chi connectivity index (χ3v) is 3.44. The van der Waals surface area contributed by atoms with E-state index >= 15 is 0 Å². The molecule has 20 heavy (non-hydrogen) atoms. The van der Waals surface area contributed by atoms with Crippen molar-refractivity contribution in [1.29, 1.82) is 0 Å². The fourth-order valence-corrected chi connectivity index (χ4v) is 2.26. The molecule has 3 N–H and O–H groups in total. The minimum atomic E-state index is -0.115. The molecule has 0 amide bonds. The van der Waals surface area contributed by atoms with Crippen molar-refractivity contribution in [3.05, 3.63) is 40.4 Å². The highest BCUT2D eigenvalue weighted by Crippen LogP contribution is 2.08. The number of aliphatic hydroxyl groups is 1. The third-order valence-electron chi connectivity index (χ3n) is 3.44. The van der Waals surface area contributed by atoms with Crippen LogP contribution in [0.1, 0.15) is 26.1 Å². The lowest BCUT2D eigenvalue weighted by Crippen LogP contribution is -2.35. The van der Waals surface area contributed by atoms with Gasteiger partial charge in [0.05, 0.1) is 17.4 Å². The van der Waals surface area contributed by atoms with E-state index in [1.54, 1.807) is 6.07 Å². The first kappa shape index (κ1) is 14.7. The van der Waals surface area contributed by atoms with Crippen LogP contribution < -0.4 is 10.9 Å². The molecule has 0 saturated carbocycles. The number of hydrogen-bond donors (Lipinski definition) is 3. The first-order chi connectivity index (χ1) is 9.61. The van der Waals surface area contributed by atoms with Crippen molar-refractivity contribution in [2.45, 2.75) is 32.9 Å². The molecule has 5 nitrogen and oxygen atoms in total. The first-order valence-corrected chi connectivity index (χ1v) is 6.94. The summed E-state index contributed by atoms with van der Waals surface area (Å²) in [5.74, 6) is 1.03. The van der Waals surface area contributed by atoms with Gasteiger partial charge in [0.2, 0.25) is 0 Å². The van der Waals surface area contributed by atoms with Crippen LogP contribution in [0, 0.1) is 5.92 Å². The molecule has 2 rings (SSSR count). The number of nitrogens with one attached hydrogen (secondary N) is 2. The maximum Gasteiger partial charge on any atom is 0.258 e. The van der Waals surface area contributed by atoms with E-state index in [0.717, 1.165) is 0 Å². The lowest BCUT2D eigenvalue weighted by Gasteiger charge is -2.21. The Bertz CT molecular complexity index is 622. The topological polar surface area (TPSA) is 78.0 Å². The molecule has 1 aromatic carbocycles. The minimum Gasteiger partial charge on any atom is -0.396 e. The molecular weight excluding hydrogens is 254 g/mol. The lowest BCUT2D eigenvalue weighted by molar-refractivity contribution is 0.243. The smallest absolute Gasteiger partial charge is 0.258 e. The van der Waals surface area contributed by atoms with Crippen LogP contribution in [0.25, 0.3) is 10.9 Å². The van der Waals surface area contributed by atoms with Crippen LogP contribution in [0.4, 0.5) is 0 Å². The Labute approximate surface area is 118 Å². The van der Waals surface area contributed by atoms with Gasteiger partial charge in [0.15, 0.2) is 0 Å². The summed E-state index contributed by atoms with van der Waals surface area (Å²) in [4.78, 5) is 19.2. The number of H-pyrrole nitrogens is 1. The maximum absolute atomic E-state index is 11.9. The molecule has 0 aliphatic carbocycles. The van der Waals surface area contributed by atoms with Gasteiger partial charge in [-0.25, -0.2) is 4.98 Å². The minimum absolute atomic E-state index is 0.115. The first-order valence-electron chi connectivity index (χ1n) is 6.94. The van der Waals surface area contributed by atoms with Gasteiger partial charge in [-0.3, -0.25) is 4.79 Å². The van der Waals surface area contributed by atoms with E-state index in [1.165, 1.54) is 0 Å². The van der Waals surface area contributed by atoms with E-state index in [4.69, 9.17) is 5.11 Å². The molecular formula is C15H21N3O2. The Hall–Kier alpha value is -1.72. The molecule has 2 aromatic rings. The number of aromatic nitrogens is 2. The average molecular weight is 275 g/mol. The van der Waals surface area contributed by atoms with Crippen molar-refractivity contribution in [1.82, 2.24) is 15.3 Å². The van der Waals surface area contributed by atoms with Crippen molar-refractivity contribution in [3.63, 3.8) is 0 Å². The van der Waals surface area contributed by atoms with Crippen molar-refractivity contribution in [3.8, 4) is 0 Å². The number of aromatic amines is 1. The van der Waals surface area contributed by atoms with Crippen LogP contribution in [0.15, 0.2) is 29.1 Å². The van der Waals surface area contributed by atoms with Gasteiger partial charge >= 0.3 is 0 Å². The van der Waals surface area contributed by atoms with Crippen molar-refractivity contribution >= 4 is 10.9 Å². The monoisotopic (exact) mass is 275 g/mol. The van der Waals surface area contributed by atoms with Gasteiger partial charge in [-0.15, -0.1) is 0 Å². The Morgan fingerprint density at radius 2 is 2.10 bits per heavy atom. The predicted molar refractivity (Wildman–Crippen MR) is 79.5 cm³/mol. The molecule has 5 heteroatoms. The van der Waals surface area contributed by atoms with Crippen molar-refractivity contribution < 1.29 is 5.11 Å². The second kappa shape index (κ2) is 6.63. The second-order valence-corrected chi connectivity index (χ2v) is 5.27. The fourth-order valence-electron chi connectivity index (χ4n) is 2.26. The quantitative estimate of drug-likeness (QED) is 0.745. The summed E-state index contributed by atoms with van der Waals surface area (Å²) < 4.78 is 0. The highest BCUT2D eigenvalue weighted by atomic mass is 16.3. The number of aliphatic hydroxyl groups excluding tert-OH is 1. The molecule has 0 bridgehead atoms. The normalized spacial score (nSPS) is 13.0. The highest BCUT2D eigenvalue weighted by Gasteiger charge is 2.12. The molecule has 0 saturated heterocycles. The summed E-state index contributed by atoms with van der Waals surface area (Å²) in [6.07, 6.45) is 0.690. The number of para-hydroxylation sites is 1. The summed E-state index contributed by atoms with van der Waals surface area (Å²) >= 11 is 0. The highest BCUT2D eigenvalue weighted by molar-refractivity contribution is 5.77. The van der Waals surface area contributed by atoms with Gasteiger partial charge in [0, 0.05) is 12.6 Å². The number of rotatable bonds is 6. The van der Waals surface area contributed by atoms with Gasteiger partial charge in [-0.05, 0) is 24.5 Å². The summed E-state index contributed by atoms with van der Waals surface area (Å²) in [6, 6.07) is 7.50. The largest absolute Gasteiger partial charge is 0.396 e. The van der Waals surface area contributed by atoms with E-state index in [2.05, 4.69) is 29.1 Å². The summed E-state index contributed by atoms with van der Waals surface area (Å²) in [7, 11) is 0. The zero-order chi connectivity index (χ0) is 14.5. The van der Waals surface area contributed by atoms with Crippen molar-refractivity contribution in [2.24, 2.45) is 5.92 Å². The predicted octanol–water partition coefficient (Wildman–Crippen LogP) is 1.42. The SMILES string of the molecule is CC(C)C(CCO)NCc1nc2ccccc2c(=O)[nH]1. The average Bonchev–Trinajstić information content (AvgIpc) is 2.43. The van der Waals surface area contributed by atoms with Crippen LogP contribution >= 0.6 is 0 Å².